The van der Waals surface area contributed by atoms with Gasteiger partial charge in [0, 0.05) is 24.0 Å². The van der Waals surface area contributed by atoms with Gasteiger partial charge in [0.1, 0.15) is 11.5 Å². The maximum absolute atomic E-state index is 14.3. The lowest BCUT2D eigenvalue weighted by Crippen LogP contribution is -2.41. The average molecular weight is 637 g/mol. The molecule has 0 amide bonds. The van der Waals surface area contributed by atoms with E-state index in [1.54, 1.807) is 18.2 Å². The highest BCUT2D eigenvalue weighted by Gasteiger charge is 2.42. The van der Waals surface area contributed by atoms with E-state index < -0.39 is 5.41 Å². The molecule has 0 radical (unpaired) electrons. The summed E-state index contributed by atoms with van der Waals surface area (Å²) in [5.41, 5.74) is 7.44. The lowest BCUT2D eigenvalue weighted by Gasteiger charge is -2.36. The summed E-state index contributed by atoms with van der Waals surface area (Å²) in [7, 11) is 0. The van der Waals surface area contributed by atoms with Crippen molar-refractivity contribution >= 4 is 33.4 Å². The van der Waals surface area contributed by atoms with E-state index in [1.165, 1.54) is 0 Å². The van der Waals surface area contributed by atoms with E-state index in [0.717, 1.165) is 66.1 Å². The lowest BCUT2D eigenvalue weighted by atomic mass is 9.65. The Labute approximate surface area is 286 Å². The predicted octanol–water partition coefficient (Wildman–Crippen LogP) is 9.90. The van der Waals surface area contributed by atoms with Gasteiger partial charge in [-0.2, -0.15) is 0 Å². The fourth-order valence-electron chi connectivity index (χ4n) is 7.79. The summed E-state index contributed by atoms with van der Waals surface area (Å²) in [4.78, 5) is 14.3. The molecule has 0 heterocycles. The van der Waals surface area contributed by atoms with Crippen LogP contribution in [0.5, 0.6) is 11.5 Å². The number of hydrogen-bond donors (Lipinski definition) is 2. The molecule has 0 fully saturated rings. The first kappa shape index (κ1) is 30.4. The molecule has 7 aromatic rings. The molecule has 1 aliphatic carbocycles. The molecular formula is C46H36O3. The zero-order chi connectivity index (χ0) is 33.4. The molecule has 7 aromatic carbocycles. The molecule has 2 N–H and O–H groups in total. The van der Waals surface area contributed by atoms with Gasteiger partial charge in [-0.3, -0.25) is 4.79 Å². The maximum Gasteiger partial charge on any atom is 0.166 e. The van der Waals surface area contributed by atoms with Crippen molar-refractivity contribution in [2.45, 2.75) is 31.1 Å². The first-order valence-corrected chi connectivity index (χ1v) is 16.8. The minimum Gasteiger partial charge on any atom is -0.508 e. The Bertz CT molecular complexity index is 2270. The van der Waals surface area contributed by atoms with Gasteiger partial charge < -0.3 is 10.2 Å². The number of phenols is 2. The second-order valence-corrected chi connectivity index (χ2v) is 13.3. The van der Waals surface area contributed by atoms with Crippen LogP contribution in [0.2, 0.25) is 0 Å². The number of fused-ring (bicyclic) bond motifs is 3. The van der Waals surface area contributed by atoms with Crippen LogP contribution in [0, 0.1) is 0 Å². The third kappa shape index (κ3) is 5.78. The van der Waals surface area contributed by atoms with Crippen LogP contribution in [-0.4, -0.2) is 16.0 Å². The molecule has 0 aromatic heterocycles. The number of carbonyl (C=O) groups is 1. The molecule has 3 heteroatoms. The lowest BCUT2D eigenvalue weighted by molar-refractivity contribution is -0.120. The van der Waals surface area contributed by atoms with E-state index in [2.05, 4.69) is 84.9 Å². The van der Waals surface area contributed by atoms with Crippen molar-refractivity contribution in [1.29, 1.82) is 0 Å². The van der Waals surface area contributed by atoms with Gasteiger partial charge in [-0.1, -0.05) is 140 Å². The zero-order valence-electron chi connectivity index (χ0n) is 27.1. The number of hydrogen-bond acceptors (Lipinski definition) is 3. The highest BCUT2D eigenvalue weighted by atomic mass is 16.3. The van der Waals surface area contributed by atoms with E-state index in [1.807, 2.05) is 54.6 Å². The fourth-order valence-corrected chi connectivity index (χ4v) is 7.79. The molecule has 0 bridgehead atoms. The quantitative estimate of drug-likeness (QED) is 0.175. The van der Waals surface area contributed by atoms with Crippen molar-refractivity contribution in [3.8, 4) is 11.5 Å². The first-order chi connectivity index (χ1) is 24.0. The Morgan fingerprint density at radius 1 is 0.469 bits per heavy atom. The molecule has 0 saturated carbocycles. The fraction of sp³-hybridized carbons (Fsp3) is 0.109. The van der Waals surface area contributed by atoms with Crippen molar-refractivity contribution < 1.29 is 15.0 Å². The molecule has 0 aliphatic heterocycles. The largest absolute Gasteiger partial charge is 0.508 e. The Hall–Kier alpha value is -5.93. The van der Waals surface area contributed by atoms with Crippen LogP contribution in [0.25, 0.3) is 27.6 Å². The van der Waals surface area contributed by atoms with Gasteiger partial charge in [0.05, 0.1) is 5.41 Å². The minimum atomic E-state index is -0.800. The molecule has 1 aliphatic rings. The number of phenolic OH excluding ortho intramolecular Hbond substituents is 2. The van der Waals surface area contributed by atoms with Crippen molar-refractivity contribution in [3.05, 3.63) is 196 Å². The van der Waals surface area contributed by atoms with Crippen LogP contribution < -0.4 is 0 Å². The number of ketones is 1. The van der Waals surface area contributed by atoms with Crippen LogP contribution in [-0.2, 0) is 35.9 Å². The molecule has 49 heavy (non-hydrogen) atoms. The molecule has 238 valence electrons. The highest BCUT2D eigenvalue weighted by molar-refractivity contribution is 6.05. The Morgan fingerprint density at radius 2 is 0.959 bits per heavy atom. The second-order valence-electron chi connectivity index (χ2n) is 13.3. The summed E-state index contributed by atoms with van der Waals surface area (Å²) in [6, 6.07) is 48.9. The summed E-state index contributed by atoms with van der Waals surface area (Å²) in [5.74, 6) is 0.679. The SMILES string of the molecule is O=C1C=Cc2ccccc2C1(Cc1cccc(Cc2c(O)ccc3ccccc23)c1)Cc1cccc(Cc2c(O)ccc3ccccc23)c1. The van der Waals surface area contributed by atoms with E-state index in [9.17, 15) is 15.0 Å². The molecule has 0 unspecified atom stereocenters. The summed E-state index contributed by atoms with van der Waals surface area (Å²) in [5, 5.41) is 26.0. The topological polar surface area (TPSA) is 57.5 Å². The van der Waals surface area contributed by atoms with Crippen LogP contribution in [0.3, 0.4) is 0 Å². The third-order valence-electron chi connectivity index (χ3n) is 10.2. The molecule has 0 saturated heterocycles. The number of carbonyl (C=O) groups excluding carboxylic acids is 1. The standard InChI is InChI=1S/C46H36O3/c47-43-22-19-35-13-1-4-16-38(35)40(43)27-31-9-7-11-33(25-31)29-46(42-18-6-3-15-37(42)21-24-45(46)49)30-34-12-8-10-32(26-34)28-41-39-17-5-2-14-36(39)20-23-44(41)48/h1-26,47-48H,27-30H2. The number of aromatic hydroxyl groups is 2. The smallest absolute Gasteiger partial charge is 0.166 e. The van der Waals surface area contributed by atoms with Gasteiger partial charge in [0.2, 0.25) is 0 Å². The van der Waals surface area contributed by atoms with E-state index in [0.29, 0.717) is 37.2 Å². The Morgan fingerprint density at radius 3 is 1.53 bits per heavy atom. The monoisotopic (exact) mass is 636 g/mol. The van der Waals surface area contributed by atoms with Gasteiger partial charge in [-0.15, -0.1) is 0 Å². The van der Waals surface area contributed by atoms with Crippen molar-refractivity contribution in [2.75, 3.05) is 0 Å². The average Bonchev–Trinajstić information content (AvgIpc) is 3.13. The van der Waals surface area contributed by atoms with Gasteiger partial charge >= 0.3 is 0 Å². The van der Waals surface area contributed by atoms with Crippen LogP contribution >= 0.6 is 0 Å². The van der Waals surface area contributed by atoms with Crippen molar-refractivity contribution in [3.63, 3.8) is 0 Å². The van der Waals surface area contributed by atoms with E-state index >= 15 is 0 Å². The number of allylic oxidation sites excluding steroid dienone is 1. The van der Waals surface area contributed by atoms with Crippen molar-refractivity contribution in [2.24, 2.45) is 0 Å². The van der Waals surface area contributed by atoms with Crippen LogP contribution in [0.4, 0.5) is 0 Å². The van der Waals surface area contributed by atoms with Gasteiger partial charge in [0.25, 0.3) is 0 Å². The zero-order valence-corrected chi connectivity index (χ0v) is 27.1. The van der Waals surface area contributed by atoms with Crippen LogP contribution in [0.15, 0.2) is 152 Å². The normalized spacial score (nSPS) is 13.5. The first-order valence-electron chi connectivity index (χ1n) is 16.8. The summed E-state index contributed by atoms with van der Waals surface area (Å²) in [6.45, 7) is 0. The molecule has 0 spiro atoms. The summed E-state index contributed by atoms with van der Waals surface area (Å²) in [6.07, 6.45) is 5.93. The van der Waals surface area contributed by atoms with E-state index in [4.69, 9.17) is 0 Å². The molecular weight excluding hydrogens is 601 g/mol. The highest BCUT2D eigenvalue weighted by Crippen LogP contribution is 2.40. The Balaban J connectivity index is 1.16. The van der Waals surface area contributed by atoms with Gasteiger partial charge in [0.15, 0.2) is 5.78 Å². The third-order valence-corrected chi connectivity index (χ3v) is 10.2. The number of rotatable bonds is 8. The van der Waals surface area contributed by atoms with Crippen LogP contribution in [0.1, 0.15) is 44.5 Å². The molecule has 3 nitrogen and oxygen atoms in total. The van der Waals surface area contributed by atoms with E-state index in [-0.39, 0.29) is 5.78 Å². The summed E-state index contributed by atoms with van der Waals surface area (Å²) >= 11 is 0. The van der Waals surface area contributed by atoms with Gasteiger partial charge in [-0.05, 0) is 86.0 Å². The minimum absolute atomic E-state index is 0.0976. The summed E-state index contributed by atoms with van der Waals surface area (Å²) < 4.78 is 0. The molecule has 0 atom stereocenters. The number of benzene rings is 7. The second kappa shape index (κ2) is 12.6. The van der Waals surface area contributed by atoms with Gasteiger partial charge in [-0.25, -0.2) is 0 Å². The maximum atomic E-state index is 14.3. The Kier molecular flexibility index (Phi) is 7.81. The van der Waals surface area contributed by atoms with Crippen molar-refractivity contribution in [1.82, 2.24) is 0 Å². The predicted molar refractivity (Wildman–Crippen MR) is 199 cm³/mol. The molecule has 8 rings (SSSR count).